The van der Waals surface area contributed by atoms with E-state index in [1.807, 2.05) is 36.4 Å². The smallest absolute Gasteiger partial charge is 0.221 e. The minimum Gasteiger partial charge on any atom is -0.497 e. The van der Waals surface area contributed by atoms with Gasteiger partial charge in [0, 0.05) is 11.5 Å². The van der Waals surface area contributed by atoms with Gasteiger partial charge in [0.05, 0.1) is 7.11 Å². The Bertz CT molecular complexity index is 742. The molecule has 0 unspecified atom stereocenters. The molecule has 0 amide bonds. The quantitative estimate of drug-likeness (QED) is 0.789. The van der Waals surface area contributed by atoms with E-state index in [0.717, 1.165) is 11.1 Å². The molecule has 2 heterocycles. The lowest BCUT2D eigenvalue weighted by Crippen LogP contribution is -1.94. The predicted molar refractivity (Wildman–Crippen MR) is 77.0 cm³/mol. The van der Waals surface area contributed by atoms with Crippen molar-refractivity contribution in [2.24, 2.45) is 0 Å². The molecule has 0 aliphatic carbocycles. The van der Waals surface area contributed by atoms with Crippen LogP contribution in [0.2, 0.25) is 0 Å². The van der Waals surface area contributed by atoms with Crippen LogP contribution in [0.4, 0.5) is 5.82 Å². The van der Waals surface area contributed by atoms with E-state index in [9.17, 15) is 0 Å². The zero-order valence-electron chi connectivity index (χ0n) is 10.9. The van der Waals surface area contributed by atoms with Gasteiger partial charge in [-0.05, 0) is 42.5 Å². The van der Waals surface area contributed by atoms with E-state index >= 15 is 0 Å². The molecule has 5 nitrogen and oxygen atoms in total. The molecule has 0 aliphatic heterocycles. The van der Waals surface area contributed by atoms with Gasteiger partial charge in [0.2, 0.25) is 5.88 Å². The van der Waals surface area contributed by atoms with Crippen molar-refractivity contribution < 1.29 is 9.47 Å². The Kier molecular flexibility index (Phi) is 3.09. The van der Waals surface area contributed by atoms with Crippen LogP contribution >= 0.6 is 0 Å². The molecule has 100 valence electrons. The van der Waals surface area contributed by atoms with E-state index in [1.54, 1.807) is 19.2 Å². The number of anilines is 1. The maximum atomic E-state index is 5.68. The Morgan fingerprint density at radius 2 is 1.55 bits per heavy atom. The van der Waals surface area contributed by atoms with Crippen LogP contribution in [0.5, 0.6) is 17.4 Å². The maximum Gasteiger partial charge on any atom is 0.221 e. The van der Waals surface area contributed by atoms with Gasteiger partial charge in [-0.3, -0.25) is 0 Å². The predicted octanol–water partition coefficient (Wildman–Crippen LogP) is 3.01. The molecule has 0 saturated heterocycles. The van der Waals surface area contributed by atoms with Crippen molar-refractivity contribution in [2.45, 2.75) is 0 Å². The van der Waals surface area contributed by atoms with E-state index in [1.165, 1.54) is 0 Å². The Labute approximate surface area is 116 Å². The average Bonchev–Trinajstić information content (AvgIpc) is 2.47. The van der Waals surface area contributed by atoms with Gasteiger partial charge < -0.3 is 15.2 Å². The third kappa shape index (κ3) is 2.47. The van der Waals surface area contributed by atoms with Crippen molar-refractivity contribution in [3.8, 4) is 17.4 Å². The molecule has 3 aromatic rings. The number of hydrogen-bond donors (Lipinski definition) is 1. The van der Waals surface area contributed by atoms with Crippen molar-refractivity contribution >= 4 is 16.9 Å². The molecule has 0 radical (unpaired) electrons. The monoisotopic (exact) mass is 267 g/mol. The fourth-order valence-electron chi connectivity index (χ4n) is 1.82. The zero-order valence-corrected chi connectivity index (χ0v) is 10.9. The molecule has 0 spiro atoms. The first-order valence-electron chi connectivity index (χ1n) is 6.10. The van der Waals surface area contributed by atoms with Gasteiger partial charge in [-0.1, -0.05) is 0 Å². The van der Waals surface area contributed by atoms with E-state index in [2.05, 4.69) is 9.97 Å². The summed E-state index contributed by atoms with van der Waals surface area (Å²) in [5.41, 5.74) is 6.22. The second-order valence-corrected chi connectivity index (χ2v) is 4.21. The molecule has 3 rings (SSSR count). The lowest BCUT2D eigenvalue weighted by molar-refractivity contribution is 0.412. The van der Waals surface area contributed by atoms with Crippen LogP contribution in [0.3, 0.4) is 0 Å². The third-order valence-corrected chi connectivity index (χ3v) is 2.83. The first-order chi connectivity index (χ1) is 9.74. The highest BCUT2D eigenvalue weighted by Gasteiger charge is 2.03. The number of nitrogen functional groups attached to an aromatic ring is 1. The second kappa shape index (κ2) is 5.05. The molecule has 0 atom stereocenters. The van der Waals surface area contributed by atoms with Gasteiger partial charge in [0.15, 0.2) is 5.65 Å². The fraction of sp³-hybridized carbons (Fsp3) is 0.0667. The lowest BCUT2D eigenvalue weighted by Gasteiger charge is -2.06. The van der Waals surface area contributed by atoms with Crippen molar-refractivity contribution in [1.29, 1.82) is 0 Å². The van der Waals surface area contributed by atoms with Crippen LogP contribution < -0.4 is 15.2 Å². The lowest BCUT2D eigenvalue weighted by atomic mass is 10.3. The SMILES string of the molecule is COc1ccc(Oc2ccc3ccc(N)nc3n2)cc1. The highest BCUT2D eigenvalue weighted by atomic mass is 16.5. The van der Waals surface area contributed by atoms with Crippen molar-refractivity contribution in [3.63, 3.8) is 0 Å². The van der Waals surface area contributed by atoms with Gasteiger partial charge in [-0.2, -0.15) is 4.98 Å². The summed E-state index contributed by atoms with van der Waals surface area (Å²) in [6.07, 6.45) is 0. The number of nitrogens with two attached hydrogens (primary N) is 1. The molecular formula is C15H13N3O2. The van der Waals surface area contributed by atoms with Gasteiger partial charge in [0.1, 0.15) is 17.3 Å². The number of methoxy groups -OCH3 is 1. The zero-order chi connectivity index (χ0) is 13.9. The van der Waals surface area contributed by atoms with Crippen LogP contribution in [0.25, 0.3) is 11.0 Å². The summed E-state index contributed by atoms with van der Waals surface area (Å²) in [6.45, 7) is 0. The van der Waals surface area contributed by atoms with Crippen LogP contribution in [-0.4, -0.2) is 17.1 Å². The normalized spacial score (nSPS) is 10.4. The number of rotatable bonds is 3. The number of ether oxygens (including phenoxy) is 2. The van der Waals surface area contributed by atoms with E-state index < -0.39 is 0 Å². The highest BCUT2D eigenvalue weighted by Crippen LogP contribution is 2.24. The average molecular weight is 267 g/mol. The molecule has 0 bridgehead atoms. The summed E-state index contributed by atoms with van der Waals surface area (Å²) in [4.78, 5) is 8.50. The minimum atomic E-state index is 0.437. The maximum absolute atomic E-state index is 5.68. The van der Waals surface area contributed by atoms with Gasteiger partial charge >= 0.3 is 0 Å². The van der Waals surface area contributed by atoms with Gasteiger partial charge in [-0.15, -0.1) is 0 Å². The number of pyridine rings is 2. The summed E-state index contributed by atoms with van der Waals surface area (Å²) in [5.74, 6) is 2.37. The molecular weight excluding hydrogens is 254 g/mol. The number of fused-ring (bicyclic) bond motifs is 1. The van der Waals surface area contributed by atoms with Crippen molar-refractivity contribution in [3.05, 3.63) is 48.5 Å². The van der Waals surface area contributed by atoms with E-state index in [0.29, 0.717) is 23.1 Å². The summed E-state index contributed by atoms with van der Waals surface area (Å²) in [7, 11) is 1.62. The highest BCUT2D eigenvalue weighted by molar-refractivity contribution is 5.76. The minimum absolute atomic E-state index is 0.437. The first kappa shape index (κ1) is 12.2. The molecule has 20 heavy (non-hydrogen) atoms. The van der Waals surface area contributed by atoms with Crippen molar-refractivity contribution in [1.82, 2.24) is 9.97 Å². The van der Waals surface area contributed by atoms with Crippen LogP contribution in [0.15, 0.2) is 48.5 Å². The van der Waals surface area contributed by atoms with E-state index in [-0.39, 0.29) is 0 Å². The van der Waals surface area contributed by atoms with Crippen LogP contribution in [0, 0.1) is 0 Å². The van der Waals surface area contributed by atoms with Gasteiger partial charge in [0.25, 0.3) is 0 Å². The Morgan fingerprint density at radius 3 is 2.30 bits per heavy atom. The van der Waals surface area contributed by atoms with Gasteiger partial charge in [-0.25, -0.2) is 4.98 Å². The topological polar surface area (TPSA) is 70.3 Å². The summed E-state index contributed by atoms with van der Waals surface area (Å²) in [6, 6.07) is 14.6. The standard InChI is InChI=1S/C15H13N3O2/c1-19-11-4-6-12(7-5-11)20-14-9-3-10-2-8-13(16)17-15(10)18-14/h2-9H,1H3,(H2,16,17,18). The number of hydrogen-bond acceptors (Lipinski definition) is 5. The Balaban J connectivity index is 1.89. The fourth-order valence-corrected chi connectivity index (χ4v) is 1.82. The molecule has 0 fully saturated rings. The van der Waals surface area contributed by atoms with Crippen LogP contribution in [0.1, 0.15) is 0 Å². The molecule has 2 N–H and O–H groups in total. The molecule has 0 aliphatic rings. The Hall–Kier alpha value is -2.82. The van der Waals surface area contributed by atoms with Crippen LogP contribution in [-0.2, 0) is 0 Å². The molecule has 5 heteroatoms. The summed E-state index contributed by atoms with van der Waals surface area (Å²) >= 11 is 0. The summed E-state index contributed by atoms with van der Waals surface area (Å²) in [5, 5.41) is 0.918. The Morgan fingerprint density at radius 1 is 0.850 bits per heavy atom. The first-order valence-corrected chi connectivity index (χ1v) is 6.10. The largest absolute Gasteiger partial charge is 0.497 e. The third-order valence-electron chi connectivity index (χ3n) is 2.83. The second-order valence-electron chi connectivity index (χ2n) is 4.21. The van der Waals surface area contributed by atoms with Crippen molar-refractivity contribution in [2.75, 3.05) is 12.8 Å². The van der Waals surface area contributed by atoms with E-state index in [4.69, 9.17) is 15.2 Å². The summed E-state index contributed by atoms with van der Waals surface area (Å²) < 4.78 is 10.8. The number of benzene rings is 1. The molecule has 2 aromatic heterocycles. The molecule has 1 aromatic carbocycles. The number of aromatic nitrogens is 2. The number of nitrogens with zero attached hydrogens (tertiary/aromatic N) is 2. The molecule has 0 saturated carbocycles.